The highest BCUT2D eigenvalue weighted by Crippen LogP contribution is 2.33. The summed E-state index contributed by atoms with van der Waals surface area (Å²) in [5.74, 6) is 1.11. The van der Waals surface area contributed by atoms with E-state index in [0.717, 1.165) is 15.4 Å². The molecule has 0 N–H and O–H groups in total. The second-order valence-electron chi connectivity index (χ2n) is 3.40. The van der Waals surface area contributed by atoms with Crippen molar-refractivity contribution in [3.8, 4) is 0 Å². The molecule has 0 aromatic heterocycles. The van der Waals surface area contributed by atoms with Crippen LogP contribution in [0.1, 0.15) is 37.3 Å². The van der Waals surface area contributed by atoms with Crippen molar-refractivity contribution in [3.05, 3.63) is 32.2 Å². The zero-order valence-electron chi connectivity index (χ0n) is 8.28. The van der Waals surface area contributed by atoms with Gasteiger partial charge in [-0.1, -0.05) is 45.7 Å². The molecule has 78 valence electrons. The summed E-state index contributed by atoms with van der Waals surface area (Å²) in [6.45, 7) is 4.42. The summed E-state index contributed by atoms with van der Waals surface area (Å²) >= 11 is 13.0. The quantitative estimate of drug-likeness (QED) is 0.641. The van der Waals surface area contributed by atoms with E-state index in [2.05, 4.69) is 57.8 Å². The van der Waals surface area contributed by atoms with Crippen LogP contribution in [0.4, 0.5) is 0 Å². The lowest BCUT2D eigenvalue weighted by Gasteiger charge is -2.16. The van der Waals surface area contributed by atoms with Crippen LogP contribution < -0.4 is 0 Å². The van der Waals surface area contributed by atoms with Crippen LogP contribution in [0.5, 0.6) is 0 Å². The van der Waals surface area contributed by atoms with Gasteiger partial charge in [0.2, 0.25) is 0 Å². The van der Waals surface area contributed by atoms with Crippen molar-refractivity contribution in [2.75, 3.05) is 0 Å². The minimum atomic E-state index is 0.547. The first-order valence-electron chi connectivity index (χ1n) is 4.63. The smallest absolute Gasteiger partial charge is 0.0477 e. The molecule has 0 saturated carbocycles. The number of benzene rings is 1. The fourth-order valence-electron chi connectivity index (χ4n) is 1.50. The molecular formula is C11H13Br2Cl. The first-order chi connectivity index (χ1) is 6.60. The molecule has 1 aromatic carbocycles. The topological polar surface area (TPSA) is 0 Å². The molecule has 0 radical (unpaired) electrons. The third-order valence-electron chi connectivity index (χ3n) is 2.43. The molecule has 0 saturated heterocycles. The van der Waals surface area contributed by atoms with E-state index in [9.17, 15) is 0 Å². The van der Waals surface area contributed by atoms with Gasteiger partial charge < -0.3 is 0 Å². The monoisotopic (exact) mass is 338 g/mol. The summed E-state index contributed by atoms with van der Waals surface area (Å²) in [7, 11) is 0. The number of hydrogen-bond acceptors (Lipinski definition) is 0. The van der Waals surface area contributed by atoms with Crippen LogP contribution >= 0.6 is 43.5 Å². The van der Waals surface area contributed by atoms with Crippen LogP contribution in [0.3, 0.4) is 0 Å². The largest absolute Gasteiger partial charge is 0.122 e. The first-order valence-corrected chi connectivity index (χ1v) is 6.76. The third-order valence-corrected chi connectivity index (χ3v) is 3.83. The molecule has 14 heavy (non-hydrogen) atoms. The molecular weight excluding hydrogens is 327 g/mol. The molecule has 0 aliphatic carbocycles. The normalized spacial score (nSPS) is 12.9. The Morgan fingerprint density at radius 3 is 2.50 bits per heavy atom. The standard InChI is InChI=1S/C11H13Br2Cl/c1-3-7(2)11-8(6-14)4-9(12)5-10(11)13/h4-5,7H,3,6H2,1-2H3. The molecule has 0 amide bonds. The lowest BCUT2D eigenvalue weighted by Crippen LogP contribution is -1.98. The van der Waals surface area contributed by atoms with E-state index < -0.39 is 0 Å². The van der Waals surface area contributed by atoms with Gasteiger partial charge in [-0.3, -0.25) is 0 Å². The van der Waals surface area contributed by atoms with Gasteiger partial charge in [-0.05, 0) is 35.6 Å². The molecule has 0 nitrogen and oxygen atoms in total. The molecule has 0 bridgehead atoms. The maximum Gasteiger partial charge on any atom is 0.0477 e. The van der Waals surface area contributed by atoms with E-state index in [1.54, 1.807) is 0 Å². The van der Waals surface area contributed by atoms with Crippen molar-refractivity contribution < 1.29 is 0 Å². The van der Waals surface area contributed by atoms with Crippen LogP contribution in [0.15, 0.2) is 21.1 Å². The van der Waals surface area contributed by atoms with Gasteiger partial charge >= 0.3 is 0 Å². The Labute approximate surface area is 107 Å². The summed E-state index contributed by atoms with van der Waals surface area (Å²) in [5.41, 5.74) is 2.55. The zero-order chi connectivity index (χ0) is 10.7. The van der Waals surface area contributed by atoms with Crippen LogP contribution in [0.25, 0.3) is 0 Å². The van der Waals surface area contributed by atoms with Gasteiger partial charge in [0, 0.05) is 14.8 Å². The van der Waals surface area contributed by atoms with Crippen molar-refractivity contribution in [1.29, 1.82) is 0 Å². The van der Waals surface area contributed by atoms with Crippen molar-refractivity contribution >= 4 is 43.5 Å². The highest BCUT2D eigenvalue weighted by molar-refractivity contribution is 9.11. The molecule has 1 aromatic rings. The highest BCUT2D eigenvalue weighted by Gasteiger charge is 2.13. The van der Waals surface area contributed by atoms with Gasteiger partial charge in [0.15, 0.2) is 0 Å². The fourth-order valence-corrected chi connectivity index (χ4v) is 3.43. The van der Waals surface area contributed by atoms with Gasteiger partial charge in [-0.15, -0.1) is 11.6 Å². The zero-order valence-corrected chi connectivity index (χ0v) is 12.2. The highest BCUT2D eigenvalue weighted by atomic mass is 79.9. The van der Waals surface area contributed by atoms with Gasteiger partial charge in [0.25, 0.3) is 0 Å². The van der Waals surface area contributed by atoms with Crippen LogP contribution in [-0.4, -0.2) is 0 Å². The molecule has 1 atom stereocenters. The van der Waals surface area contributed by atoms with E-state index in [1.807, 2.05) is 0 Å². The van der Waals surface area contributed by atoms with Crippen LogP contribution in [-0.2, 0) is 5.88 Å². The molecule has 0 spiro atoms. The molecule has 0 aliphatic heterocycles. The fraction of sp³-hybridized carbons (Fsp3) is 0.455. The number of halogens is 3. The molecule has 1 unspecified atom stereocenters. The molecule has 1 rings (SSSR count). The van der Waals surface area contributed by atoms with E-state index in [4.69, 9.17) is 11.6 Å². The van der Waals surface area contributed by atoms with E-state index in [0.29, 0.717) is 11.8 Å². The number of alkyl halides is 1. The second-order valence-corrected chi connectivity index (χ2v) is 5.44. The van der Waals surface area contributed by atoms with Gasteiger partial charge in [0.05, 0.1) is 0 Å². The Hall–Kier alpha value is 0.470. The van der Waals surface area contributed by atoms with E-state index >= 15 is 0 Å². The van der Waals surface area contributed by atoms with Gasteiger partial charge in [0.1, 0.15) is 0 Å². The maximum absolute atomic E-state index is 5.94. The molecule has 0 heterocycles. The average Bonchev–Trinajstić information content (AvgIpc) is 2.15. The van der Waals surface area contributed by atoms with Crippen molar-refractivity contribution in [1.82, 2.24) is 0 Å². The van der Waals surface area contributed by atoms with Crippen LogP contribution in [0, 0.1) is 0 Å². The SMILES string of the molecule is CCC(C)c1c(Br)cc(Br)cc1CCl. The van der Waals surface area contributed by atoms with Gasteiger partial charge in [-0.2, -0.15) is 0 Å². The summed E-state index contributed by atoms with van der Waals surface area (Å²) in [6.07, 6.45) is 1.13. The predicted molar refractivity (Wildman–Crippen MR) is 70.1 cm³/mol. The van der Waals surface area contributed by atoms with E-state index in [1.165, 1.54) is 11.1 Å². The Kier molecular flexibility index (Phi) is 4.95. The lowest BCUT2D eigenvalue weighted by atomic mass is 9.94. The number of hydrogen-bond donors (Lipinski definition) is 0. The Balaban J connectivity index is 3.24. The summed E-state index contributed by atoms with van der Waals surface area (Å²) < 4.78 is 2.23. The Morgan fingerprint density at radius 2 is 2.00 bits per heavy atom. The first kappa shape index (κ1) is 12.5. The minimum Gasteiger partial charge on any atom is -0.122 e. The summed E-state index contributed by atoms with van der Waals surface area (Å²) in [5, 5.41) is 0. The molecule has 0 aliphatic rings. The third kappa shape index (κ3) is 2.74. The molecule has 0 fully saturated rings. The summed E-state index contributed by atoms with van der Waals surface area (Å²) in [6, 6.07) is 4.18. The van der Waals surface area contributed by atoms with Crippen molar-refractivity contribution in [2.24, 2.45) is 0 Å². The van der Waals surface area contributed by atoms with Crippen molar-refractivity contribution in [3.63, 3.8) is 0 Å². The Bertz CT molecular complexity index is 323. The lowest BCUT2D eigenvalue weighted by molar-refractivity contribution is 0.723. The predicted octanol–water partition coefficient (Wildman–Crippen LogP) is 5.46. The second kappa shape index (κ2) is 5.53. The summed E-state index contributed by atoms with van der Waals surface area (Å²) in [4.78, 5) is 0. The minimum absolute atomic E-state index is 0.547. The maximum atomic E-state index is 5.94. The van der Waals surface area contributed by atoms with Crippen LogP contribution in [0.2, 0.25) is 0 Å². The van der Waals surface area contributed by atoms with E-state index in [-0.39, 0.29) is 0 Å². The Morgan fingerprint density at radius 1 is 1.36 bits per heavy atom. The van der Waals surface area contributed by atoms with Crippen molar-refractivity contribution in [2.45, 2.75) is 32.1 Å². The molecule has 3 heteroatoms. The van der Waals surface area contributed by atoms with Gasteiger partial charge in [-0.25, -0.2) is 0 Å². The average molecular weight is 340 g/mol. The number of rotatable bonds is 3.